The monoisotopic (exact) mass is 382 g/mol. The van der Waals surface area contributed by atoms with Crippen molar-refractivity contribution >= 4 is 44.3 Å². The quantitative estimate of drug-likeness (QED) is 0.769. The van der Waals surface area contributed by atoms with Crippen molar-refractivity contribution in [2.45, 2.75) is 0 Å². The minimum atomic E-state index is -0.349. The second-order valence-corrected chi connectivity index (χ2v) is 4.77. The number of rotatable bonds is 1. The lowest BCUT2D eigenvalue weighted by molar-refractivity contribution is 0.435. The predicted molar refractivity (Wildman–Crippen MR) is 66.7 cm³/mol. The van der Waals surface area contributed by atoms with Gasteiger partial charge in [-0.25, -0.2) is 4.39 Å². The van der Waals surface area contributed by atoms with Gasteiger partial charge in [-0.3, -0.25) is 0 Å². The molecule has 0 fully saturated rings. The zero-order chi connectivity index (χ0) is 11.0. The van der Waals surface area contributed by atoms with E-state index in [9.17, 15) is 4.39 Å². The Labute approximate surface area is 107 Å². The second kappa shape index (κ2) is 4.09. The standard InChI is InChI=1S/C9H5BrFIN2O/c10-5-2-1-4(3-6(5)11)8-7(12)9(13)14-15-8/h1-3H,(H2,13,14). The second-order valence-electron chi connectivity index (χ2n) is 2.84. The summed E-state index contributed by atoms with van der Waals surface area (Å²) in [5, 5.41) is 3.61. The van der Waals surface area contributed by atoms with Crippen LogP contribution in [0.15, 0.2) is 27.2 Å². The fraction of sp³-hybridized carbons (Fsp3) is 0. The summed E-state index contributed by atoms with van der Waals surface area (Å²) < 4.78 is 19.4. The summed E-state index contributed by atoms with van der Waals surface area (Å²) in [5.41, 5.74) is 6.15. The highest BCUT2D eigenvalue weighted by Crippen LogP contribution is 2.30. The molecule has 0 amide bonds. The number of hydrogen-bond acceptors (Lipinski definition) is 3. The summed E-state index contributed by atoms with van der Waals surface area (Å²) in [5.74, 6) is 0.451. The number of hydrogen-bond donors (Lipinski definition) is 1. The Morgan fingerprint density at radius 3 is 2.73 bits per heavy atom. The van der Waals surface area contributed by atoms with Gasteiger partial charge in [0.2, 0.25) is 0 Å². The van der Waals surface area contributed by atoms with Crippen LogP contribution in [-0.4, -0.2) is 5.16 Å². The van der Waals surface area contributed by atoms with E-state index in [2.05, 4.69) is 21.1 Å². The fourth-order valence-corrected chi connectivity index (χ4v) is 1.86. The van der Waals surface area contributed by atoms with Crippen molar-refractivity contribution in [3.05, 3.63) is 32.1 Å². The highest BCUT2D eigenvalue weighted by Gasteiger charge is 2.14. The molecule has 0 aliphatic rings. The van der Waals surface area contributed by atoms with Gasteiger partial charge in [-0.15, -0.1) is 0 Å². The van der Waals surface area contributed by atoms with Gasteiger partial charge in [0.1, 0.15) is 9.39 Å². The molecule has 0 bridgehead atoms. The van der Waals surface area contributed by atoms with Crippen LogP contribution in [0, 0.1) is 9.39 Å². The summed E-state index contributed by atoms with van der Waals surface area (Å²) in [6.07, 6.45) is 0. The summed E-state index contributed by atoms with van der Waals surface area (Å²) in [6.45, 7) is 0. The third kappa shape index (κ3) is 2.00. The Morgan fingerprint density at radius 1 is 1.47 bits per heavy atom. The summed E-state index contributed by atoms with van der Waals surface area (Å²) >= 11 is 5.09. The maximum absolute atomic E-state index is 13.3. The molecular formula is C9H5BrFIN2O. The van der Waals surface area contributed by atoms with E-state index in [-0.39, 0.29) is 5.82 Å². The normalized spacial score (nSPS) is 10.6. The summed E-state index contributed by atoms with van der Waals surface area (Å²) in [7, 11) is 0. The van der Waals surface area contributed by atoms with Crippen LogP contribution in [0.5, 0.6) is 0 Å². The maximum atomic E-state index is 13.3. The molecule has 3 nitrogen and oxygen atoms in total. The van der Waals surface area contributed by atoms with Crippen molar-refractivity contribution in [1.82, 2.24) is 5.16 Å². The molecule has 0 saturated carbocycles. The number of nitrogens with two attached hydrogens (primary N) is 1. The predicted octanol–water partition coefficient (Wildman–Crippen LogP) is 3.43. The average Bonchev–Trinajstić information content (AvgIpc) is 2.53. The molecule has 2 rings (SSSR count). The highest BCUT2D eigenvalue weighted by molar-refractivity contribution is 14.1. The molecule has 6 heteroatoms. The average molecular weight is 383 g/mol. The lowest BCUT2D eigenvalue weighted by Gasteiger charge is -1.98. The molecule has 0 aliphatic heterocycles. The Bertz CT molecular complexity index is 515. The molecule has 0 atom stereocenters. The van der Waals surface area contributed by atoms with E-state index >= 15 is 0 Å². The van der Waals surface area contributed by atoms with E-state index in [4.69, 9.17) is 10.3 Å². The molecule has 0 radical (unpaired) electrons. The van der Waals surface area contributed by atoms with Crippen LogP contribution in [-0.2, 0) is 0 Å². The third-order valence-corrected chi connectivity index (χ3v) is 3.53. The summed E-state index contributed by atoms with van der Waals surface area (Å²) in [4.78, 5) is 0. The molecule has 1 aromatic heterocycles. The van der Waals surface area contributed by atoms with Gasteiger partial charge in [0.25, 0.3) is 0 Å². The van der Waals surface area contributed by atoms with Gasteiger partial charge >= 0.3 is 0 Å². The smallest absolute Gasteiger partial charge is 0.182 e. The van der Waals surface area contributed by atoms with Gasteiger partial charge in [-0.1, -0.05) is 5.16 Å². The van der Waals surface area contributed by atoms with Crippen molar-refractivity contribution in [1.29, 1.82) is 0 Å². The lowest BCUT2D eigenvalue weighted by atomic mass is 10.2. The number of nitrogen functional groups attached to an aromatic ring is 1. The van der Waals surface area contributed by atoms with Crippen molar-refractivity contribution in [2.24, 2.45) is 0 Å². The first-order valence-corrected chi connectivity index (χ1v) is 5.83. The van der Waals surface area contributed by atoms with E-state index in [1.807, 2.05) is 22.6 Å². The lowest BCUT2D eigenvalue weighted by Crippen LogP contribution is -1.86. The number of aromatic nitrogens is 1. The van der Waals surface area contributed by atoms with Crippen LogP contribution in [0.1, 0.15) is 0 Å². The SMILES string of the molecule is Nc1noc(-c2ccc(Br)c(F)c2)c1I. The first kappa shape index (κ1) is 10.9. The van der Waals surface area contributed by atoms with Crippen molar-refractivity contribution in [3.63, 3.8) is 0 Å². The summed E-state index contributed by atoms with van der Waals surface area (Å²) in [6, 6.07) is 4.71. The Morgan fingerprint density at radius 2 is 2.20 bits per heavy atom. The van der Waals surface area contributed by atoms with Crippen LogP contribution >= 0.6 is 38.5 Å². The van der Waals surface area contributed by atoms with Crippen molar-refractivity contribution in [3.8, 4) is 11.3 Å². The van der Waals surface area contributed by atoms with Gasteiger partial charge < -0.3 is 10.3 Å². The maximum Gasteiger partial charge on any atom is 0.182 e. The number of anilines is 1. The van der Waals surface area contributed by atoms with Gasteiger partial charge in [-0.2, -0.15) is 0 Å². The molecule has 2 aromatic rings. The topological polar surface area (TPSA) is 52.0 Å². The number of halogens is 3. The Kier molecular flexibility index (Phi) is 2.96. The van der Waals surface area contributed by atoms with Crippen LogP contribution in [0.2, 0.25) is 0 Å². The fourth-order valence-electron chi connectivity index (χ4n) is 1.11. The third-order valence-electron chi connectivity index (χ3n) is 1.84. The molecule has 0 saturated heterocycles. The van der Waals surface area contributed by atoms with Crippen LogP contribution in [0.25, 0.3) is 11.3 Å². The van der Waals surface area contributed by atoms with E-state index < -0.39 is 0 Å². The Hall–Kier alpha value is -0.630. The zero-order valence-electron chi connectivity index (χ0n) is 7.30. The van der Waals surface area contributed by atoms with Crippen molar-refractivity contribution < 1.29 is 8.91 Å². The first-order valence-electron chi connectivity index (χ1n) is 3.95. The molecule has 1 aromatic carbocycles. The van der Waals surface area contributed by atoms with Gasteiger partial charge in [0.15, 0.2) is 11.6 Å². The van der Waals surface area contributed by atoms with Crippen LogP contribution in [0.4, 0.5) is 10.2 Å². The van der Waals surface area contributed by atoms with Crippen LogP contribution in [0.3, 0.4) is 0 Å². The molecule has 0 spiro atoms. The zero-order valence-corrected chi connectivity index (χ0v) is 11.0. The Balaban J connectivity index is 2.55. The minimum Gasteiger partial charge on any atom is -0.380 e. The van der Waals surface area contributed by atoms with Crippen LogP contribution < -0.4 is 5.73 Å². The first-order chi connectivity index (χ1) is 7.09. The molecule has 78 valence electrons. The van der Waals surface area contributed by atoms with Crippen molar-refractivity contribution in [2.75, 3.05) is 5.73 Å². The van der Waals surface area contributed by atoms with E-state index in [0.29, 0.717) is 25.2 Å². The minimum absolute atomic E-state index is 0.314. The van der Waals surface area contributed by atoms with E-state index in [1.165, 1.54) is 6.07 Å². The number of nitrogens with zero attached hydrogens (tertiary/aromatic N) is 1. The molecule has 0 aliphatic carbocycles. The molecule has 1 heterocycles. The highest BCUT2D eigenvalue weighted by atomic mass is 127. The number of benzene rings is 1. The molecule has 15 heavy (non-hydrogen) atoms. The molecular weight excluding hydrogens is 378 g/mol. The molecule has 2 N–H and O–H groups in total. The van der Waals surface area contributed by atoms with E-state index in [0.717, 1.165) is 0 Å². The van der Waals surface area contributed by atoms with Gasteiger partial charge in [-0.05, 0) is 56.7 Å². The van der Waals surface area contributed by atoms with E-state index in [1.54, 1.807) is 12.1 Å². The van der Waals surface area contributed by atoms with Gasteiger partial charge in [0.05, 0.1) is 4.47 Å². The largest absolute Gasteiger partial charge is 0.380 e. The van der Waals surface area contributed by atoms with Gasteiger partial charge in [0, 0.05) is 5.56 Å². The molecule has 0 unspecified atom stereocenters.